The number of thiazole rings is 1. The fourth-order valence-electron chi connectivity index (χ4n) is 1.42. The van der Waals surface area contributed by atoms with Crippen LogP contribution >= 0.6 is 11.3 Å². The lowest BCUT2D eigenvalue weighted by molar-refractivity contribution is 0.0693. The number of methoxy groups -OCH3 is 1. The first-order valence-electron chi connectivity index (χ1n) is 5.12. The first kappa shape index (κ1) is 12.4. The number of carbonyl (C=O) groups is 1. The van der Waals surface area contributed by atoms with E-state index >= 15 is 0 Å². The zero-order valence-corrected chi connectivity index (χ0v) is 10.7. The van der Waals surface area contributed by atoms with Crippen molar-refractivity contribution >= 4 is 17.3 Å². The van der Waals surface area contributed by atoms with E-state index in [1.165, 1.54) is 24.5 Å². The molecule has 0 amide bonds. The molecule has 0 fully saturated rings. The van der Waals surface area contributed by atoms with Gasteiger partial charge in [0.25, 0.3) is 5.19 Å². The molecule has 2 rings (SSSR count). The van der Waals surface area contributed by atoms with E-state index in [2.05, 4.69) is 4.98 Å². The maximum Gasteiger partial charge on any atom is 0.339 e. The maximum atomic E-state index is 11.1. The van der Waals surface area contributed by atoms with Crippen LogP contribution in [0, 0.1) is 6.92 Å². The molecule has 0 atom stereocenters. The van der Waals surface area contributed by atoms with Crippen LogP contribution in [-0.4, -0.2) is 23.2 Å². The van der Waals surface area contributed by atoms with Gasteiger partial charge in [-0.3, -0.25) is 0 Å². The highest BCUT2D eigenvalue weighted by Gasteiger charge is 2.18. The third-order valence-corrected chi connectivity index (χ3v) is 3.05. The number of aryl methyl sites for hydroxylation is 1. The average molecular weight is 265 g/mol. The molecule has 1 aromatic carbocycles. The first-order valence-corrected chi connectivity index (χ1v) is 6.00. The van der Waals surface area contributed by atoms with Gasteiger partial charge in [-0.15, -0.1) is 0 Å². The second-order valence-electron chi connectivity index (χ2n) is 3.50. The molecule has 0 spiro atoms. The molecule has 1 N–H and O–H groups in total. The van der Waals surface area contributed by atoms with Crippen LogP contribution in [0.15, 0.2) is 23.6 Å². The molecule has 6 heteroatoms. The smallest absolute Gasteiger partial charge is 0.339 e. The van der Waals surface area contributed by atoms with Gasteiger partial charge in [-0.25, -0.2) is 9.78 Å². The number of benzene rings is 1. The van der Waals surface area contributed by atoms with E-state index in [0.29, 0.717) is 10.9 Å². The van der Waals surface area contributed by atoms with Gasteiger partial charge in [0.1, 0.15) is 5.56 Å². The number of aromatic carboxylic acids is 1. The number of hydrogen-bond acceptors (Lipinski definition) is 5. The van der Waals surface area contributed by atoms with E-state index in [1.54, 1.807) is 12.1 Å². The number of carboxylic acids is 1. The first-order chi connectivity index (χ1) is 8.61. The molecule has 1 heterocycles. The number of ether oxygens (including phenoxy) is 2. The van der Waals surface area contributed by atoms with Crippen LogP contribution in [0.5, 0.6) is 16.7 Å². The summed E-state index contributed by atoms with van der Waals surface area (Å²) in [5.74, 6) is -0.540. The number of aromatic nitrogens is 1. The number of carboxylic acid groups (broad SMARTS) is 1. The molecule has 94 valence electrons. The van der Waals surface area contributed by atoms with E-state index in [-0.39, 0.29) is 11.3 Å². The van der Waals surface area contributed by atoms with Gasteiger partial charge in [0.2, 0.25) is 0 Å². The Kier molecular flexibility index (Phi) is 3.47. The number of rotatable bonds is 4. The van der Waals surface area contributed by atoms with Crippen molar-refractivity contribution in [1.82, 2.24) is 4.98 Å². The van der Waals surface area contributed by atoms with Crippen LogP contribution in [0.1, 0.15) is 16.1 Å². The lowest BCUT2D eigenvalue weighted by atomic mass is 10.2. The molecular weight excluding hydrogens is 254 g/mol. The Hall–Kier alpha value is -2.08. The minimum absolute atomic E-state index is 0.0437. The summed E-state index contributed by atoms with van der Waals surface area (Å²) in [6.45, 7) is 1.84. The molecule has 0 aliphatic heterocycles. The second-order valence-corrected chi connectivity index (χ2v) is 4.32. The summed E-state index contributed by atoms with van der Waals surface area (Å²) in [5, 5.41) is 11.3. The SMILES string of the molecule is COc1cccc(C(=O)O)c1Oc1nc(C)cs1. The normalized spacial score (nSPS) is 10.1. The van der Waals surface area contributed by atoms with E-state index in [0.717, 1.165) is 5.69 Å². The molecular formula is C12H11NO4S. The van der Waals surface area contributed by atoms with E-state index in [9.17, 15) is 4.79 Å². The van der Waals surface area contributed by atoms with E-state index in [4.69, 9.17) is 14.6 Å². The Labute approximate surface area is 108 Å². The quantitative estimate of drug-likeness (QED) is 0.920. The van der Waals surface area contributed by atoms with Gasteiger partial charge in [0.15, 0.2) is 11.5 Å². The Morgan fingerprint density at radius 2 is 2.22 bits per heavy atom. The largest absolute Gasteiger partial charge is 0.493 e. The molecule has 0 aliphatic rings. The Bertz CT molecular complexity index is 579. The van der Waals surface area contributed by atoms with Crippen LogP contribution < -0.4 is 9.47 Å². The summed E-state index contributed by atoms with van der Waals surface area (Å²) in [6.07, 6.45) is 0. The standard InChI is InChI=1S/C12H11NO4S/c1-7-6-18-12(13-7)17-10-8(11(14)15)4-3-5-9(10)16-2/h3-6H,1-2H3,(H,14,15). The summed E-state index contributed by atoms with van der Waals surface area (Å²) in [5.41, 5.74) is 0.865. The van der Waals surface area contributed by atoms with Gasteiger partial charge in [0, 0.05) is 5.38 Å². The van der Waals surface area contributed by atoms with Gasteiger partial charge in [0.05, 0.1) is 12.8 Å². The molecule has 5 nitrogen and oxygen atoms in total. The molecule has 0 aliphatic carbocycles. The summed E-state index contributed by atoms with van der Waals surface area (Å²) in [6, 6.07) is 4.70. The van der Waals surface area contributed by atoms with Crippen LogP contribution in [0.3, 0.4) is 0 Å². The Balaban J connectivity index is 2.44. The molecule has 1 aromatic heterocycles. The van der Waals surface area contributed by atoms with Crippen LogP contribution in [0.25, 0.3) is 0 Å². The molecule has 0 unspecified atom stereocenters. The lowest BCUT2D eigenvalue weighted by Gasteiger charge is -2.10. The summed E-state index contributed by atoms with van der Waals surface area (Å²) in [7, 11) is 1.46. The number of para-hydroxylation sites is 1. The lowest BCUT2D eigenvalue weighted by Crippen LogP contribution is -2.01. The van der Waals surface area contributed by atoms with Crippen molar-refractivity contribution in [1.29, 1.82) is 0 Å². The van der Waals surface area contributed by atoms with Gasteiger partial charge in [-0.1, -0.05) is 17.4 Å². The van der Waals surface area contributed by atoms with Crippen LogP contribution in [-0.2, 0) is 0 Å². The van der Waals surface area contributed by atoms with E-state index in [1.807, 2.05) is 12.3 Å². The topological polar surface area (TPSA) is 68.7 Å². The Morgan fingerprint density at radius 1 is 1.44 bits per heavy atom. The Morgan fingerprint density at radius 3 is 2.78 bits per heavy atom. The molecule has 0 bridgehead atoms. The van der Waals surface area contributed by atoms with Crippen molar-refractivity contribution in [3.05, 3.63) is 34.8 Å². The van der Waals surface area contributed by atoms with Crippen molar-refractivity contribution in [2.24, 2.45) is 0 Å². The minimum Gasteiger partial charge on any atom is -0.493 e. The van der Waals surface area contributed by atoms with Crippen molar-refractivity contribution < 1.29 is 19.4 Å². The van der Waals surface area contributed by atoms with Crippen molar-refractivity contribution in [3.63, 3.8) is 0 Å². The molecule has 0 saturated carbocycles. The van der Waals surface area contributed by atoms with Crippen LogP contribution in [0.2, 0.25) is 0 Å². The van der Waals surface area contributed by atoms with E-state index < -0.39 is 5.97 Å². The zero-order chi connectivity index (χ0) is 13.1. The van der Waals surface area contributed by atoms with Crippen molar-refractivity contribution in [2.75, 3.05) is 7.11 Å². The number of nitrogens with zero attached hydrogens (tertiary/aromatic N) is 1. The predicted octanol–water partition coefficient (Wildman–Crippen LogP) is 2.95. The summed E-state index contributed by atoms with van der Waals surface area (Å²) < 4.78 is 10.6. The van der Waals surface area contributed by atoms with Gasteiger partial charge in [-0.05, 0) is 19.1 Å². The molecule has 18 heavy (non-hydrogen) atoms. The number of hydrogen-bond donors (Lipinski definition) is 1. The third kappa shape index (κ3) is 2.43. The summed E-state index contributed by atoms with van der Waals surface area (Å²) >= 11 is 1.30. The third-order valence-electron chi connectivity index (χ3n) is 2.22. The molecule has 0 radical (unpaired) electrons. The molecule has 0 saturated heterocycles. The van der Waals surface area contributed by atoms with Crippen molar-refractivity contribution in [2.45, 2.75) is 6.92 Å². The monoisotopic (exact) mass is 265 g/mol. The maximum absolute atomic E-state index is 11.1. The fraction of sp³-hybridized carbons (Fsp3) is 0.167. The van der Waals surface area contributed by atoms with Gasteiger partial charge < -0.3 is 14.6 Å². The highest BCUT2D eigenvalue weighted by atomic mass is 32.1. The summed E-state index contributed by atoms with van der Waals surface area (Å²) in [4.78, 5) is 15.3. The van der Waals surface area contributed by atoms with Crippen molar-refractivity contribution in [3.8, 4) is 16.7 Å². The molecule has 2 aromatic rings. The highest BCUT2D eigenvalue weighted by molar-refractivity contribution is 7.11. The zero-order valence-electron chi connectivity index (χ0n) is 9.84. The second kappa shape index (κ2) is 5.05. The average Bonchev–Trinajstić information content (AvgIpc) is 2.75. The predicted molar refractivity (Wildman–Crippen MR) is 66.9 cm³/mol. The highest BCUT2D eigenvalue weighted by Crippen LogP contribution is 2.36. The fourth-order valence-corrected chi connectivity index (χ4v) is 2.07. The minimum atomic E-state index is -1.07. The van der Waals surface area contributed by atoms with Gasteiger partial charge in [-0.2, -0.15) is 0 Å². The van der Waals surface area contributed by atoms with Gasteiger partial charge >= 0.3 is 5.97 Å². The van der Waals surface area contributed by atoms with Crippen LogP contribution in [0.4, 0.5) is 0 Å².